The minimum Gasteiger partial charge on any atom is -0.360 e. The van der Waals surface area contributed by atoms with Crippen molar-refractivity contribution in [1.29, 1.82) is 0 Å². The number of carbonyl (C=O) groups is 1. The Morgan fingerprint density at radius 3 is 2.68 bits per heavy atom. The fraction of sp³-hybridized carbons (Fsp3) is 0.560. The third-order valence-electron chi connectivity index (χ3n) is 7.51. The summed E-state index contributed by atoms with van der Waals surface area (Å²) in [5.41, 5.74) is 10.3. The molecule has 5 nitrogen and oxygen atoms in total. The molecule has 1 amide bonds. The number of nitrogens with zero attached hydrogens (tertiary/aromatic N) is 2. The third kappa shape index (κ3) is 3.40. The lowest BCUT2D eigenvalue weighted by Gasteiger charge is -2.31. The fourth-order valence-electron chi connectivity index (χ4n) is 5.71. The maximum Gasteiger partial charge on any atom is 0.244 e. The van der Waals surface area contributed by atoms with E-state index in [-0.39, 0.29) is 23.2 Å². The van der Waals surface area contributed by atoms with E-state index in [2.05, 4.69) is 9.88 Å². The van der Waals surface area contributed by atoms with Crippen molar-refractivity contribution in [1.82, 2.24) is 14.8 Å². The fourth-order valence-corrected chi connectivity index (χ4v) is 5.71. The number of H-pyrrole nitrogens is 1. The summed E-state index contributed by atoms with van der Waals surface area (Å²) >= 11 is 0. The molecule has 2 atom stereocenters. The average Bonchev–Trinajstić information content (AvgIpc) is 3.48. The van der Waals surface area contributed by atoms with E-state index in [4.69, 9.17) is 5.73 Å². The van der Waals surface area contributed by atoms with E-state index >= 15 is 0 Å². The standard InChI is InChI=1S/C25H33FN4O/c1-25(2,3)23(27)24(31)29-11-10-21-22(29)19(14-30(21)16-6-4-5-7-16)18-13-28-20-12-15(26)8-9-17(18)20/h8-9,12-13,16,21,23,28H,4-7,10-11,14,27H2,1-3H3. The number of nitrogens with two attached hydrogens (primary N) is 1. The van der Waals surface area contributed by atoms with Gasteiger partial charge >= 0.3 is 0 Å². The van der Waals surface area contributed by atoms with E-state index in [0.717, 1.165) is 35.1 Å². The normalized spacial score (nSPS) is 23.9. The van der Waals surface area contributed by atoms with Crippen LogP contribution < -0.4 is 5.73 Å². The molecule has 0 radical (unpaired) electrons. The zero-order valence-electron chi connectivity index (χ0n) is 18.7. The molecular weight excluding hydrogens is 391 g/mol. The number of carbonyl (C=O) groups excluding carboxylic acids is 1. The van der Waals surface area contributed by atoms with Crippen LogP contribution in [0.5, 0.6) is 0 Å². The van der Waals surface area contributed by atoms with Crippen LogP contribution in [-0.4, -0.2) is 51.9 Å². The number of hydrogen-bond acceptors (Lipinski definition) is 3. The van der Waals surface area contributed by atoms with Gasteiger partial charge in [0.15, 0.2) is 0 Å². The van der Waals surface area contributed by atoms with Crippen molar-refractivity contribution in [3.63, 3.8) is 0 Å². The SMILES string of the molecule is CC(C)(C)C(N)C(=O)N1CCC2C1=C(c1c[nH]c3cc(F)ccc13)CN2C1CCCC1. The second kappa shape index (κ2) is 7.45. The maximum absolute atomic E-state index is 13.8. The lowest BCUT2D eigenvalue weighted by atomic mass is 9.86. The maximum atomic E-state index is 13.8. The molecule has 2 aromatic rings. The molecule has 2 aliphatic heterocycles. The van der Waals surface area contributed by atoms with Crippen LogP contribution in [0.15, 0.2) is 30.1 Å². The zero-order chi connectivity index (χ0) is 21.9. The molecule has 0 spiro atoms. The van der Waals surface area contributed by atoms with Crippen molar-refractivity contribution in [2.75, 3.05) is 13.1 Å². The van der Waals surface area contributed by atoms with Gasteiger partial charge in [0.25, 0.3) is 0 Å². The summed E-state index contributed by atoms with van der Waals surface area (Å²) < 4.78 is 13.8. The molecule has 3 N–H and O–H groups in total. The van der Waals surface area contributed by atoms with Crippen LogP contribution in [0.4, 0.5) is 4.39 Å². The summed E-state index contributed by atoms with van der Waals surface area (Å²) in [5, 5.41) is 1.01. The topological polar surface area (TPSA) is 65.4 Å². The van der Waals surface area contributed by atoms with Gasteiger partial charge in [0.1, 0.15) is 5.82 Å². The first-order chi connectivity index (χ1) is 14.8. The second-order valence-corrected chi connectivity index (χ2v) is 10.5. The highest BCUT2D eigenvalue weighted by atomic mass is 19.1. The van der Waals surface area contributed by atoms with E-state index < -0.39 is 6.04 Å². The third-order valence-corrected chi connectivity index (χ3v) is 7.51. The van der Waals surface area contributed by atoms with Crippen molar-refractivity contribution in [3.05, 3.63) is 41.5 Å². The minimum absolute atomic E-state index is 0.0154. The number of amides is 1. The molecule has 3 aliphatic rings. The predicted molar refractivity (Wildman–Crippen MR) is 122 cm³/mol. The molecule has 166 valence electrons. The monoisotopic (exact) mass is 424 g/mol. The van der Waals surface area contributed by atoms with Gasteiger partial charge in [0.05, 0.1) is 12.1 Å². The van der Waals surface area contributed by atoms with E-state index in [1.165, 1.54) is 43.4 Å². The van der Waals surface area contributed by atoms with Crippen LogP contribution in [0.3, 0.4) is 0 Å². The Kier molecular flexibility index (Phi) is 4.98. The van der Waals surface area contributed by atoms with Gasteiger partial charge in [-0.2, -0.15) is 0 Å². The molecule has 6 heteroatoms. The quantitative estimate of drug-likeness (QED) is 0.774. The molecule has 1 aromatic carbocycles. The van der Waals surface area contributed by atoms with Crippen molar-refractivity contribution in [2.45, 2.75) is 71.0 Å². The molecule has 2 unspecified atom stereocenters. The second-order valence-electron chi connectivity index (χ2n) is 10.5. The van der Waals surface area contributed by atoms with Gasteiger partial charge in [-0.25, -0.2) is 4.39 Å². The van der Waals surface area contributed by atoms with E-state index in [1.807, 2.05) is 37.9 Å². The number of aromatic amines is 1. The van der Waals surface area contributed by atoms with Crippen LogP contribution >= 0.6 is 0 Å². The van der Waals surface area contributed by atoms with Crippen molar-refractivity contribution in [3.8, 4) is 0 Å². The number of aromatic nitrogens is 1. The Hall–Kier alpha value is -2.18. The minimum atomic E-state index is -0.544. The number of benzene rings is 1. The van der Waals surface area contributed by atoms with Crippen molar-refractivity contribution >= 4 is 22.4 Å². The highest BCUT2D eigenvalue weighted by Crippen LogP contribution is 2.45. The Bertz CT molecular complexity index is 1040. The van der Waals surface area contributed by atoms with E-state index in [9.17, 15) is 9.18 Å². The highest BCUT2D eigenvalue weighted by molar-refractivity contribution is 5.96. The van der Waals surface area contributed by atoms with Gasteiger partial charge in [-0.15, -0.1) is 0 Å². The van der Waals surface area contributed by atoms with Gasteiger partial charge in [0, 0.05) is 47.5 Å². The van der Waals surface area contributed by atoms with Crippen LogP contribution in [0.2, 0.25) is 0 Å². The average molecular weight is 425 g/mol. The Morgan fingerprint density at radius 2 is 1.97 bits per heavy atom. The van der Waals surface area contributed by atoms with E-state index in [0.29, 0.717) is 12.6 Å². The summed E-state index contributed by atoms with van der Waals surface area (Å²) in [7, 11) is 0. The van der Waals surface area contributed by atoms with Crippen LogP contribution in [0.25, 0.3) is 16.5 Å². The Labute approximate surface area is 183 Å². The van der Waals surface area contributed by atoms with Crippen LogP contribution in [-0.2, 0) is 4.79 Å². The zero-order valence-corrected chi connectivity index (χ0v) is 18.7. The summed E-state index contributed by atoms with van der Waals surface area (Å²) in [4.78, 5) is 21.3. The largest absolute Gasteiger partial charge is 0.360 e. The first-order valence-corrected chi connectivity index (χ1v) is 11.6. The van der Waals surface area contributed by atoms with Gasteiger partial charge in [-0.05, 0) is 48.4 Å². The Balaban J connectivity index is 1.59. The lowest BCUT2D eigenvalue weighted by Crippen LogP contribution is -2.49. The first kappa shape index (κ1) is 20.7. The molecule has 2 fully saturated rings. The molecular formula is C25H33FN4O. The van der Waals surface area contributed by atoms with Gasteiger partial charge in [-0.3, -0.25) is 9.69 Å². The summed E-state index contributed by atoms with van der Waals surface area (Å²) in [6, 6.07) is 5.19. The highest BCUT2D eigenvalue weighted by Gasteiger charge is 2.47. The molecule has 1 saturated carbocycles. The Morgan fingerprint density at radius 1 is 1.23 bits per heavy atom. The number of nitrogens with one attached hydrogen (secondary N) is 1. The van der Waals surface area contributed by atoms with E-state index in [1.54, 1.807) is 0 Å². The molecule has 31 heavy (non-hydrogen) atoms. The van der Waals surface area contributed by atoms with Crippen LogP contribution in [0, 0.1) is 11.2 Å². The molecule has 1 aromatic heterocycles. The van der Waals surface area contributed by atoms with Crippen molar-refractivity contribution < 1.29 is 9.18 Å². The predicted octanol–water partition coefficient (Wildman–Crippen LogP) is 4.25. The summed E-state index contributed by atoms with van der Waals surface area (Å²) in [6.07, 6.45) is 7.95. The molecule has 3 heterocycles. The molecule has 1 saturated heterocycles. The van der Waals surface area contributed by atoms with Gasteiger partial charge in [0.2, 0.25) is 5.91 Å². The van der Waals surface area contributed by atoms with Crippen LogP contribution in [0.1, 0.15) is 58.4 Å². The number of hydrogen-bond donors (Lipinski definition) is 2. The van der Waals surface area contributed by atoms with Crippen molar-refractivity contribution in [2.24, 2.45) is 11.1 Å². The first-order valence-electron chi connectivity index (χ1n) is 11.6. The smallest absolute Gasteiger partial charge is 0.244 e. The summed E-state index contributed by atoms with van der Waals surface area (Å²) in [6.45, 7) is 7.61. The molecule has 5 rings (SSSR count). The van der Waals surface area contributed by atoms with Gasteiger partial charge < -0.3 is 15.6 Å². The number of rotatable bonds is 3. The molecule has 0 bridgehead atoms. The van der Waals surface area contributed by atoms with Gasteiger partial charge in [-0.1, -0.05) is 33.6 Å². The number of likely N-dealkylation sites (tertiary alicyclic amines) is 1. The number of fused-ring (bicyclic) bond motifs is 2. The number of halogens is 1. The summed E-state index contributed by atoms with van der Waals surface area (Å²) in [5.74, 6) is -0.231. The molecule has 1 aliphatic carbocycles. The lowest BCUT2D eigenvalue weighted by molar-refractivity contribution is -0.132.